The van der Waals surface area contributed by atoms with Gasteiger partial charge < -0.3 is 0 Å². The van der Waals surface area contributed by atoms with Gasteiger partial charge in [-0.3, -0.25) is 0 Å². The fourth-order valence-corrected chi connectivity index (χ4v) is 2.05. The normalized spacial score (nSPS) is 9.53. The highest BCUT2D eigenvalue weighted by molar-refractivity contribution is 6.34. The molecule has 2 aromatic carbocycles. The van der Waals surface area contributed by atoms with Gasteiger partial charge >= 0.3 is 0 Å². The Morgan fingerprint density at radius 1 is 0.882 bits per heavy atom. The maximum atomic E-state index is 5.91. The summed E-state index contributed by atoms with van der Waals surface area (Å²) in [5, 5.41) is 1.29. The van der Waals surface area contributed by atoms with E-state index in [1.54, 1.807) is 6.07 Å². The van der Waals surface area contributed by atoms with Gasteiger partial charge in [-0.2, -0.15) is 0 Å². The molecular formula is C15H10Cl2. The zero-order valence-corrected chi connectivity index (χ0v) is 10.6. The molecule has 0 aliphatic heterocycles. The molecule has 0 aliphatic rings. The van der Waals surface area contributed by atoms with Gasteiger partial charge in [-0.25, -0.2) is 0 Å². The van der Waals surface area contributed by atoms with Crippen molar-refractivity contribution < 1.29 is 0 Å². The lowest BCUT2D eigenvalue weighted by atomic mass is 10.1. The summed E-state index contributed by atoms with van der Waals surface area (Å²) in [6.07, 6.45) is 0.648. The average Bonchev–Trinajstić information content (AvgIpc) is 2.29. The van der Waals surface area contributed by atoms with Crippen LogP contribution in [0.5, 0.6) is 0 Å². The van der Waals surface area contributed by atoms with E-state index in [2.05, 4.69) is 11.8 Å². The molecule has 0 fully saturated rings. The average molecular weight is 261 g/mol. The standard InChI is InChI=1S/C15H10Cl2/c16-14-9-13(10-15(17)11-14)8-4-7-12-5-2-1-3-6-12/h1-3,5-6,9-11H,8H2. The van der Waals surface area contributed by atoms with E-state index in [1.807, 2.05) is 42.5 Å². The summed E-state index contributed by atoms with van der Waals surface area (Å²) in [7, 11) is 0. The van der Waals surface area contributed by atoms with Crippen molar-refractivity contribution in [2.45, 2.75) is 6.42 Å². The highest BCUT2D eigenvalue weighted by Crippen LogP contribution is 2.19. The van der Waals surface area contributed by atoms with E-state index < -0.39 is 0 Å². The Kier molecular flexibility index (Phi) is 4.09. The first-order valence-electron chi connectivity index (χ1n) is 5.23. The molecule has 2 heteroatoms. The molecule has 0 radical (unpaired) electrons. The minimum Gasteiger partial charge on any atom is -0.0931 e. The van der Waals surface area contributed by atoms with Crippen molar-refractivity contribution in [3.8, 4) is 11.8 Å². The minimum atomic E-state index is 0.647. The summed E-state index contributed by atoms with van der Waals surface area (Å²) < 4.78 is 0. The second-order valence-electron chi connectivity index (χ2n) is 3.62. The van der Waals surface area contributed by atoms with Crippen LogP contribution in [0.25, 0.3) is 0 Å². The van der Waals surface area contributed by atoms with Gasteiger partial charge in [0.15, 0.2) is 0 Å². The summed E-state index contributed by atoms with van der Waals surface area (Å²) in [6.45, 7) is 0. The molecule has 17 heavy (non-hydrogen) atoms. The number of benzene rings is 2. The van der Waals surface area contributed by atoms with E-state index >= 15 is 0 Å². The van der Waals surface area contributed by atoms with E-state index in [0.717, 1.165) is 11.1 Å². The van der Waals surface area contributed by atoms with Crippen molar-refractivity contribution in [2.24, 2.45) is 0 Å². The lowest BCUT2D eigenvalue weighted by Crippen LogP contribution is -1.82. The van der Waals surface area contributed by atoms with Gasteiger partial charge in [-0.15, -0.1) is 0 Å². The van der Waals surface area contributed by atoms with Crippen LogP contribution in [0.2, 0.25) is 10.0 Å². The van der Waals surface area contributed by atoms with Crippen molar-refractivity contribution in [3.05, 3.63) is 69.7 Å². The Labute approximate surface area is 111 Å². The highest BCUT2D eigenvalue weighted by Gasteiger charge is 1.96. The predicted molar refractivity (Wildman–Crippen MR) is 73.5 cm³/mol. The fraction of sp³-hybridized carbons (Fsp3) is 0.0667. The molecule has 0 unspecified atom stereocenters. The van der Waals surface area contributed by atoms with Crippen LogP contribution in [0.4, 0.5) is 0 Å². The van der Waals surface area contributed by atoms with Crippen LogP contribution in [0.1, 0.15) is 11.1 Å². The van der Waals surface area contributed by atoms with E-state index in [9.17, 15) is 0 Å². The van der Waals surface area contributed by atoms with E-state index in [1.165, 1.54) is 0 Å². The molecule has 0 aromatic heterocycles. The van der Waals surface area contributed by atoms with Gasteiger partial charge in [0.1, 0.15) is 0 Å². The monoisotopic (exact) mass is 260 g/mol. The van der Waals surface area contributed by atoms with Crippen molar-refractivity contribution in [1.82, 2.24) is 0 Å². The first-order valence-corrected chi connectivity index (χ1v) is 5.98. The van der Waals surface area contributed by atoms with Crippen LogP contribution in [0.3, 0.4) is 0 Å². The van der Waals surface area contributed by atoms with Crippen LogP contribution in [0, 0.1) is 11.8 Å². The zero-order valence-electron chi connectivity index (χ0n) is 9.08. The Hall–Kier alpha value is -1.42. The van der Waals surface area contributed by atoms with Gasteiger partial charge in [0, 0.05) is 22.0 Å². The molecule has 0 saturated heterocycles. The quantitative estimate of drug-likeness (QED) is 0.659. The molecule has 0 aliphatic carbocycles. The van der Waals surface area contributed by atoms with Gasteiger partial charge in [0.05, 0.1) is 0 Å². The highest BCUT2D eigenvalue weighted by atomic mass is 35.5. The molecule has 0 spiro atoms. The molecule has 0 N–H and O–H groups in total. The van der Waals surface area contributed by atoms with Crippen molar-refractivity contribution >= 4 is 23.2 Å². The smallest absolute Gasteiger partial charge is 0.0423 e. The number of rotatable bonds is 1. The number of hydrogen-bond donors (Lipinski definition) is 0. The Morgan fingerprint density at radius 3 is 2.18 bits per heavy atom. The number of halogens is 2. The van der Waals surface area contributed by atoms with Crippen LogP contribution < -0.4 is 0 Å². The summed E-state index contributed by atoms with van der Waals surface area (Å²) in [5.74, 6) is 6.20. The maximum absolute atomic E-state index is 5.91. The molecule has 0 nitrogen and oxygen atoms in total. The van der Waals surface area contributed by atoms with Crippen LogP contribution in [-0.4, -0.2) is 0 Å². The maximum Gasteiger partial charge on any atom is 0.0423 e. The van der Waals surface area contributed by atoms with E-state index in [4.69, 9.17) is 23.2 Å². The zero-order chi connectivity index (χ0) is 12.1. The second kappa shape index (κ2) is 5.77. The predicted octanol–water partition coefficient (Wildman–Crippen LogP) is 4.59. The molecular weight excluding hydrogens is 251 g/mol. The molecule has 0 amide bonds. The van der Waals surface area contributed by atoms with Gasteiger partial charge in [-0.1, -0.05) is 53.2 Å². The van der Waals surface area contributed by atoms with Crippen LogP contribution >= 0.6 is 23.2 Å². The Balaban J connectivity index is 2.10. The number of hydrogen-bond acceptors (Lipinski definition) is 0. The molecule has 2 rings (SSSR count). The first-order chi connectivity index (χ1) is 8.24. The minimum absolute atomic E-state index is 0.647. The van der Waals surface area contributed by atoms with E-state index in [0.29, 0.717) is 16.5 Å². The van der Waals surface area contributed by atoms with Gasteiger partial charge in [0.25, 0.3) is 0 Å². The van der Waals surface area contributed by atoms with Crippen LogP contribution in [-0.2, 0) is 6.42 Å². The lowest BCUT2D eigenvalue weighted by molar-refractivity contribution is 1.32. The molecule has 0 saturated carbocycles. The van der Waals surface area contributed by atoms with Gasteiger partial charge in [0.2, 0.25) is 0 Å². The third-order valence-corrected chi connectivity index (χ3v) is 2.66. The van der Waals surface area contributed by atoms with Crippen molar-refractivity contribution in [3.63, 3.8) is 0 Å². The molecule has 0 bridgehead atoms. The summed E-state index contributed by atoms with van der Waals surface area (Å²) in [6, 6.07) is 15.4. The van der Waals surface area contributed by atoms with Crippen LogP contribution in [0.15, 0.2) is 48.5 Å². The summed E-state index contributed by atoms with van der Waals surface area (Å²) >= 11 is 11.8. The largest absolute Gasteiger partial charge is 0.0931 e. The lowest BCUT2D eigenvalue weighted by Gasteiger charge is -1.97. The summed E-state index contributed by atoms with van der Waals surface area (Å²) in [5.41, 5.74) is 2.05. The molecule has 84 valence electrons. The Morgan fingerprint density at radius 2 is 1.53 bits per heavy atom. The molecule has 0 atom stereocenters. The second-order valence-corrected chi connectivity index (χ2v) is 4.50. The van der Waals surface area contributed by atoms with E-state index in [-0.39, 0.29) is 0 Å². The topological polar surface area (TPSA) is 0 Å². The Bertz CT molecular complexity index is 542. The third kappa shape index (κ3) is 3.82. The summed E-state index contributed by atoms with van der Waals surface area (Å²) in [4.78, 5) is 0. The fourth-order valence-electron chi connectivity index (χ4n) is 1.48. The third-order valence-electron chi connectivity index (χ3n) is 2.22. The molecule has 2 aromatic rings. The molecule has 0 heterocycles. The SMILES string of the molecule is Clc1cc(Cl)cc(CC#Cc2ccccc2)c1. The van der Waals surface area contributed by atoms with Crippen molar-refractivity contribution in [1.29, 1.82) is 0 Å². The van der Waals surface area contributed by atoms with Gasteiger partial charge in [-0.05, 0) is 35.9 Å². The first kappa shape index (κ1) is 12.0. The van der Waals surface area contributed by atoms with Crippen molar-refractivity contribution in [2.75, 3.05) is 0 Å².